The van der Waals surface area contributed by atoms with Gasteiger partial charge < -0.3 is 14.7 Å². The third-order valence-electron chi connectivity index (χ3n) is 3.35. The largest absolute Gasteiger partial charge is 0.480 e. The number of anilines is 1. The van der Waals surface area contributed by atoms with Crippen LogP contribution in [0.4, 0.5) is 5.82 Å². The van der Waals surface area contributed by atoms with Crippen molar-refractivity contribution in [1.82, 2.24) is 9.97 Å². The number of rotatable bonds is 3. The fourth-order valence-corrected chi connectivity index (χ4v) is 2.20. The number of piperidine rings is 1. The molecule has 1 aliphatic heterocycles. The van der Waals surface area contributed by atoms with Gasteiger partial charge in [0.05, 0.1) is 25.6 Å². The zero-order valence-electron chi connectivity index (χ0n) is 10.3. The van der Waals surface area contributed by atoms with Gasteiger partial charge in [-0.2, -0.15) is 4.98 Å². The Morgan fingerprint density at radius 3 is 2.71 bits per heavy atom. The molecule has 1 N–H and O–H groups in total. The second-order valence-corrected chi connectivity index (χ2v) is 4.48. The van der Waals surface area contributed by atoms with E-state index in [2.05, 4.69) is 14.9 Å². The summed E-state index contributed by atoms with van der Waals surface area (Å²) in [5.74, 6) is 1.80. The average molecular weight is 237 g/mol. The lowest BCUT2D eigenvalue weighted by Crippen LogP contribution is -2.37. The molecule has 1 fully saturated rings. The number of ether oxygens (including phenoxy) is 1. The van der Waals surface area contributed by atoms with Gasteiger partial charge in [-0.05, 0) is 25.7 Å². The quantitative estimate of drug-likeness (QED) is 0.852. The number of aliphatic hydroxyl groups excluding tert-OH is 1. The van der Waals surface area contributed by atoms with Crippen molar-refractivity contribution in [2.24, 2.45) is 5.92 Å². The van der Waals surface area contributed by atoms with Crippen molar-refractivity contribution < 1.29 is 9.84 Å². The zero-order valence-corrected chi connectivity index (χ0v) is 10.3. The molecule has 0 bridgehead atoms. The van der Waals surface area contributed by atoms with E-state index in [0.29, 0.717) is 11.8 Å². The molecule has 1 aliphatic rings. The highest BCUT2D eigenvalue weighted by Crippen LogP contribution is 2.24. The van der Waals surface area contributed by atoms with E-state index in [1.54, 1.807) is 19.5 Å². The normalized spacial score (nSPS) is 19.1. The number of hydrogen-bond acceptors (Lipinski definition) is 5. The monoisotopic (exact) mass is 237 g/mol. The Morgan fingerprint density at radius 2 is 2.12 bits per heavy atom. The van der Waals surface area contributed by atoms with E-state index >= 15 is 0 Å². The molecular weight excluding hydrogens is 218 g/mol. The highest BCUT2D eigenvalue weighted by molar-refractivity contribution is 5.37. The summed E-state index contributed by atoms with van der Waals surface area (Å²) in [6, 6.07) is 0. The fraction of sp³-hybridized carbons (Fsp3) is 0.667. The minimum absolute atomic E-state index is 0.214. The Kier molecular flexibility index (Phi) is 3.78. The molecule has 1 atom stereocenters. The van der Waals surface area contributed by atoms with Crippen LogP contribution in [0.15, 0.2) is 12.4 Å². The van der Waals surface area contributed by atoms with Gasteiger partial charge in [-0.25, -0.2) is 0 Å². The molecule has 0 aliphatic carbocycles. The molecule has 1 aromatic heterocycles. The van der Waals surface area contributed by atoms with Crippen molar-refractivity contribution in [3.8, 4) is 5.88 Å². The van der Waals surface area contributed by atoms with Gasteiger partial charge >= 0.3 is 0 Å². The van der Waals surface area contributed by atoms with Gasteiger partial charge in [-0.1, -0.05) is 0 Å². The summed E-state index contributed by atoms with van der Waals surface area (Å²) in [5.41, 5.74) is 0. The van der Waals surface area contributed by atoms with Gasteiger partial charge in [0.25, 0.3) is 0 Å². The maximum atomic E-state index is 9.55. The Labute approximate surface area is 101 Å². The smallest absolute Gasteiger partial charge is 0.233 e. The molecule has 2 heterocycles. The second-order valence-electron chi connectivity index (χ2n) is 4.48. The minimum Gasteiger partial charge on any atom is -0.480 e. The predicted octanol–water partition coefficient (Wildman–Crippen LogP) is 1.08. The first-order valence-corrected chi connectivity index (χ1v) is 5.99. The van der Waals surface area contributed by atoms with Crippen LogP contribution in [0.5, 0.6) is 5.88 Å². The van der Waals surface area contributed by atoms with Gasteiger partial charge in [-0.3, -0.25) is 4.98 Å². The maximum absolute atomic E-state index is 9.55. The molecule has 0 amide bonds. The third-order valence-corrected chi connectivity index (χ3v) is 3.35. The van der Waals surface area contributed by atoms with Crippen LogP contribution < -0.4 is 9.64 Å². The van der Waals surface area contributed by atoms with Crippen LogP contribution in [0, 0.1) is 5.92 Å². The number of aromatic nitrogens is 2. The molecule has 0 radical (unpaired) electrons. The van der Waals surface area contributed by atoms with Crippen molar-refractivity contribution in [3.63, 3.8) is 0 Å². The summed E-state index contributed by atoms with van der Waals surface area (Å²) in [6.45, 7) is 3.69. The highest BCUT2D eigenvalue weighted by atomic mass is 16.5. The van der Waals surface area contributed by atoms with Crippen molar-refractivity contribution in [1.29, 1.82) is 0 Å². The number of nitrogens with zero attached hydrogens (tertiary/aromatic N) is 3. The van der Waals surface area contributed by atoms with Crippen LogP contribution in [-0.2, 0) is 0 Å². The SMILES string of the molecule is COc1cncc(N2CCC([C@@H](C)O)CC2)n1. The molecule has 0 unspecified atom stereocenters. The Morgan fingerprint density at radius 1 is 1.41 bits per heavy atom. The standard InChI is InChI=1S/C12H19N3O2/c1-9(16)10-3-5-15(6-4-10)11-7-13-8-12(14-11)17-2/h7-10,16H,3-6H2,1-2H3/t9-/m1/s1. The van der Waals surface area contributed by atoms with E-state index in [1.807, 2.05) is 6.92 Å². The molecular formula is C12H19N3O2. The number of hydrogen-bond donors (Lipinski definition) is 1. The van der Waals surface area contributed by atoms with Crippen LogP contribution in [0.3, 0.4) is 0 Å². The van der Waals surface area contributed by atoms with Crippen molar-refractivity contribution in [3.05, 3.63) is 12.4 Å². The van der Waals surface area contributed by atoms with Crippen molar-refractivity contribution >= 4 is 5.82 Å². The number of methoxy groups -OCH3 is 1. The average Bonchev–Trinajstić information content (AvgIpc) is 2.39. The van der Waals surface area contributed by atoms with E-state index in [0.717, 1.165) is 31.7 Å². The van der Waals surface area contributed by atoms with E-state index in [1.165, 1.54) is 0 Å². The molecule has 1 saturated heterocycles. The topological polar surface area (TPSA) is 58.5 Å². The summed E-state index contributed by atoms with van der Waals surface area (Å²) in [6.07, 6.45) is 5.14. The Bertz CT molecular complexity index is 363. The van der Waals surface area contributed by atoms with Crippen molar-refractivity contribution in [2.75, 3.05) is 25.1 Å². The Hall–Kier alpha value is -1.36. The van der Waals surface area contributed by atoms with Gasteiger partial charge in [0, 0.05) is 13.1 Å². The summed E-state index contributed by atoms with van der Waals surface area (Å²) < 4.78 is 5.06. The third kappa shape index (κ3) is 2.85. The van der Waals surface area contributed by atoms with Gasteiger partial charge in [-0.15, -0.1) is 0 Å². The van der Waals surface area contributed by atoms with Crippen LogP contribution >= 0.6 is 0 Å². The lowest BCUT2D eigenvalue weighted by atomic mass is 9.92. The first-order chi connectivity index (χ1) is 8.20. The van der Waals surface area contributed by atoms with Gasteiger partial charge in [0.15, 0.2) is 5.82 Å². The molecule has 1 aromatic rings. The second kappa shape index (κ2) is 5.31. The lowest BCUT2D eigenvalue weighted by molar-refractivity contribution is 0.109. The summed E-state index contributed by atoms with van der Waals surface area (Å²) in [4.78, 5) is 10.7. The molecule has 0 saturated carbocycles. The van der Waals surface area contributed by atoms with E-state index in [9.17, 15) is 5.11 Å². The van der Waals surface area contributed by atoms with Crippen molar-refractivity contribution in [2.45, 2.75) is 25.9 Å². The molecule has 17 heavy (non-hydrogen) atoms. The first kappa shape index (κ1) is 12.1. The van der Waals surface area contributed by atoms with Gasteiger partial charge in [0.1, 0.15) is 0 Å². The summed E-state index contributed by atoms with van der Waals surface area (Å²) in [5, 5.41) is 9.55. The highest BCUT2D eigenvalue weighted by Gasteiger charge is 2.23. The fourth-order valence-electron chi connectivity index (χ4n) is 2.20. The first-order valence-electron chi connectivity index (χ1n) is 5.99. The van der Waals surface area contributed by atoms with Crippen LogP contribution in [0.2, 0.25) is 0 Å². The molecule has 5 nitrogen and oxygen atoms in total. The minimum atomic E-state index is -0.214. The maximum Gasteiger partial charge on any atom is 0.233 e. The van der Waals surface area contributed by atoms with Crippen LogP contribution in [0.25, 0.3) is 0 Å². The van der Waals surface area contributed by atoms with E-state index in [-0.39, 0.29) is 6.10 Å². The van der Waals surface area contributed by atoms with E-state index in [4.69, 9.17) is 4.74 Å². The molecule has 5 heteroatoms. The summed E-state index contributed by atoms with van der Waals surface area (Å²) >= 11 is 0. The van der Waals surface area contributed by atoms with Gasteiger partial charge in [0.2, 0.25) is 5.88 Å². The molecule has 94 valence electrons. The number of aliphatic hydroxyl groups is 1. The predicted molar refractivity (Wildman–Crippen MR) is 65.2 cm³/mol. The Balaban J connectivity index is 2.00. The molecule has 0 aromatic carbocycles. The molecule has 0 spiro atoms. The lowest BCUT2D eigenvalue weighted by Gasteiger charge is -2.33. The summed E-state index contributed by atoms with van der Waals surface area (Å²) in [7, 11) is 1.59. The zero-order chi connectivity index (χ0) is 12.3. The van der Waals surface area contributed by atoms with E-state index < -0.39 is 0 Å². The van der Waals surface area contributed by atoms with Crippen LogP contribution in [-0.4, -0.2) is 41.4 Å². The molecule has 2 rings (SSSR count). The van der Waals surface area contributed by atoms with Crippen LogP contribution in [0.1, 0.15) is 19.8 Å².